The first kappa shape index (κ1) is 13.4. The van der Waals surface area contributed by atoms with E-state index < -0.39 is 11.7 Å². The van der Waals surface area contributed by atoms with Crippen LogP contribution < -0.4 is 9.80 Å². The number of anilines is 2. The van der Waals surface area contributed by atoms with Crippen molar-refractivity contribution in [3.05, 3.63) is 47.4 Å². The van der Waals surface area contributed by atoms with E-state index in [1.807, 2.05) is 32.2 Å². The molecule has 3 rings (SSSR count). The average molecular weight is 284 g/mol. The number of Topliss-reactive ketones (excluding diaryl/α,β-unsaturated/α-hetero) is 1. The number of benzene rings is 1. The fourth-order valence-electron chi connectivity index (χ4n) is 2.53. The molecule has 2 aromatic rings. The van der Waals surface area contributed by atoms with E-state index in [-0.39, 0.29) is 0 Å². The summed E-state index contributed by atoms with van der Waals surface area (Å²) < 4.78 is 5.30. The monoisotopic (exact) mass is 284 g/mol. The molecule has 0 spiro atoms. The lowest BCUT2D eigenvalue weighted by Crippen LogP contribution is -2.24. The third-order valence-corrected chi connectivity index (χ3v) is 3.90. The zero-order valence-electron chi connectivity index (χ0n) is 12.2. The minimum atomic E-state index is -0.476. The predicted octanol–water partition coefficient (Wildman–Crippen LogP) is 2.38. The zero-order chi connectivity index (χ0) is 15.1. The number of carbonyl (C=O) groups is 2. The molecule has 0 atom stereocenters. The molecule has 1 amide bonds. The van der Waals surface area contributed by atoms with Gasteiger partial charge in [0, 0.05) is 31.9 Å². The van der Waals surface area contributed by atoms with Crippen molar-refractivity contribution in [3.63, 3.8) is 0 Å². The van der Waals surface area contributed by atoms with Crippen LogP contribution in [0.15, 0.2) is 34.9 Å². The Bertz CT molecular complexity index is 733. The number of fused-ring (bicyclic) bond motifs is 1. The number of nitrogens with zero attached hydrogens (tertiary/aromatic N) is 2. The Labute approximate surface area is 122 Å². The molecule has 5 nitrogen and oxygen atoms in total. The van der Waals surface area contributed by atoms with Gasteiger partial charge >= 0.3 is 0 Å². The highest BCUT2D eigenvalue weighted by molar-refractivity contribution is 6.52. The number of amides is 1. The van der Waals surface area contributed by atoms with Crippen molar-refractivity contribution in [2.75, 3.05) is 23.9 Å². The summed E-state index contributed by atoms with van der Waals surface area (Å²) >= 11 is 0. The highest BCUT2D eigenvalue weighted by Crippen LogP contribution is 2.32. The topological polar surface area (TPSA) is 53.8 Å². The molecule has 1 aromatic heterocycles. The molecule has 0 aliphatic carbocycles. The van der Waals surface area contributed by atoms with Crippen molar-refractivity contribution in [1.82, 2.24) is 0 Å². The molecule has 0 fully saturated rings. The smallest absolute Gasteiger partial charge is 0.299 e. The standard InChI is InChI=1S/C16H16N2O3/c1-10-11(6-7-21-10)9-17(2)12-4-5-13-14(8-12)18(3)16(20)15(13)19/h4-8H,9H2,1-3H3. The van der Waals surface area contributed by atoms with Gasteiger partial charge in [0.1, 0.15) is 5.76 Å². The van der Waals surface area contributed by atoms with E-state index in [2.05, 4.69) is 4.90 Å². The minimum Gasteiger partial charge on any atom is -0.469 e. The molecule has 5 heteroatoms. The Hall–Kier alpha value is -2.56. The maximum absolute atomic E-state index is 11.8. The molecule has 21 heavy (non-hydrogen) atoms. The summed E-state index contributed by atoms with van der Waals surface area (Å²) in [4.78, 5) is 26.9. The Kier molecular flexibility index (Phi) is 3.05. The van der Waals surface area contributed by atoms with Crippen LogP contribution in [0.2, 0.25) is 0 Å². The van der Waals surface area contributed by atoms with Gasteiger partial charge in [-0.1, -0.05) is 0 Å². The van der Waals surface area contributed by atoms with Gasteiger partial charge in [0.25, 0.3) is 11.7 Å². The van der Waals surface area contributed by atoms with E-state index in [9.17, 15) is 9.59 Å². The van der Waals surface area contributed by atoms with E-state index >= 15 is 0 Å². The quantitative estimate of drug-likeness (QED) is 0.812. The van der Waals surface area contributed by atoms with Crippen molar-refractivity contribution in [2.45, 2.75) is 13.5 Å². The summed E-state index contributed by atoms with van der Waals surface area (Å²) in [6, 6.07) is 7.39. The van der Waals surface area contributed by atoms with Crippen LogP contribution in [0.5, 0.6) is 0 Å². The molecule has 0 radical (unpaired) electrons. The number of rotatable bonds is 3. The lowest BCUT2D eigenvalue weighted by Gasteiger charge is -2.20. The first-order valence-electron chi connectivity index (χ1n) is 6.69. The van der Waals surface area contributed by atoms with Crippen LogP contribution in [0.3, 0.4) is 0 Å². The second-order valence-corrected chi connectivity index (χ2v) is 5.25. The van der Waals surface area contributed by atoms with Crippen LogP contribution in [0.4, 0.5) is 11.4 Å². The van der Waals surface area contributed by atoms with Crippen molar-refractivity contribution < 1.29 is 14.0 Å². The van der Waals surface area contributed by atoms with Crippen LogP contribution in [0.1, 0.15) is 21.7 Å². The van der Waals surface area contributed by atoms with E-state index in [0.29, 0.717) is 17.8 Å². The van der Waals surface area contributed by atoms with E-state index in [4.69, 9.17) is 4.42 Å². The van der Waals surface area contributed by atoms with Gasteiger partial charge in [0.15, 0.2) is 0 Å². The van der Waals surface area contributed by atoms with Gasteiger partial charge < -0.3 is 14.2 Å². The van der Waals surface area contributed by atoms with Gasteiger partial charge in [-0.3, -0.25) is 9.59 Å². The van der Waals surface area contributed by atoms with Crippen LogP contribution in [0.25, 0.3) is 0 Å². The number of hydrogen-bond acceptors (Lipinski definition) is 4. The Morgan fingerprint density at radius 2 is 2.00 bits per heavy atom. The molecule has 1 aliphatic rings. The van der Waals surface area contributed by atoms with Gasteiger partial charge in [0.2, 0.25) is 0 Å². The summed E-state index contributed by atoms with van der Waals surface area (Å²) in [5, 5.41) is 0. The predicted molar refractivity (Wildman–Crippen MR) is 79.7 cm³/mol. The van der Waals surface area contributed by atoms with Gasteiger partial charge in [-0.05, 0) is 31.2 Å². The average Bonchev–Trinajstić information content (AvgIpc) is 2.97. The second kappa shape index (κ2) is 4.77. The largest absolute Gasteiger partial charge is 0.469 e. The number of hydrogen-bond donors (Lipinski definition) is 0. The number of aryl methyl sites for hydroxylation is 1. The third kappa shape index (κ3) is 2.11. The van der Waals surface area contributed by atoms with Crippen LogP contribution in [-0.4, -0.2) is 25.8 Å². The Morgan fingerprint density at radius 1 is 1.24 bits per heavy atom. The summed E-state index contributed by atoms with van der Waals surface area (Å²) in [6.07, 6.45) is 1.67. The molecule has 0 saturated carbocycles. The maximum Gasteiger partial charge on any atom is 0.299 e. The van der Waals surface area contributed by atoms with Gasteiger partial charge in [-0.25, -0.2) is 0 Å². The molecular weight excluding hydrogens is 268 g/mol. The summed E-state index contributed by atoms with van der Waals surface area (Å²) in [5.74, 6) is -0.0200. The van der Waals surface area contributed by atoms with E-state index in [1.54, 1.807) is 19.4 Å². The summed E-state index contributed by atoms with van der Waals surface area (Å²) in [6.45, 7) is 2.63. The Morgan fingerprint density at radius 3 is 2.67 bits per heavy atom. The highest BCUT2D eigenvalue weighted by Gasteiger charge is 2.33. The number of furan rings is 1. The molecule has 0 saturated heterocycles. The molecule has 0 N–H and O–H groups in total. The molecule has 2 heterocycles. The van der Waals surface area contributed by atoms with Crippen molar-refractivity contribution in [1.29, 1.82) is 0 Å². The molecule has 1 aromatic carbocycles. The second-order valence-electron chi connectivity index (χ2n) is 5.25. The minimum absolute atomic E-state index is 0.438. The lowest BCUT2D eigenvalue weighted by molar-refractivity contribution is -0.114. The van der Waals surface area contributed by atoms with Crippen LogP contribution in [-0.2, 0) is 11.3 Å². The normalized spacial score (nSPS) is 13.8. The van der Waals surface area contributed by atoms with Gasteiger partial charge in [-0.2, -0.15) is 0 Å². The van der Waals surface area contributed by atoms with Crippen molar-refractivity contribution >= 4 is 23.1 Å². The first-order chi connectivity index (χ1) is 9.99. The fraction of sp³-hybridized carbons (Fsp3) is 0.250. The number of carbonyl (C=O) groups excluding carboxylic acids is 2. The first-order valence-corrected chi connectivity index (χ1v) is 6.69. The van der Waals surface area contributed by atoms with Gasteiger partial charge in [-0.15, -0.1) is 0 Å². The highest BCUT2D eigenvalue weighted by atomic mass is 16.3. The summed E-state index contributed by atoms with van der Waals surface area (Å²) in [7, 11) is 3.59. The maximum atomic E-state index is 11.8. The summed E-state index contributed by atoms with van der Waals surface area (Å²) in [5.41, 5.74) is 3.19. The third-order valence-electron chi connectivity index (χ3n) is 3.90. The molecular formula is C16H16N2O3. The molecule has 0 unspecified atom stereocenters. The van der Waals surface area contributed by atoms with Gasteiger partial charge in [0.05, 0.1) is 17.5 Å². The van der Waals surface area contributed by atoms with E-state index in [0.717, 1.165) is 17.0 Å². The van der Waals surface area contributed by atoms with Crippen molar-refractivity contribution in [3.8, 4) is 0 Å². The molecule has 1 aliphatic heterocycles. The zero-order valence-corrected chi connectivity index (χ0v) is 12.2. The lowest BCUT2D eigenvalue weighted by atomic mass is 10.1. The fourth-order valence-corrected chi connectivity index (χ4v) is 2.53. The van der Waals surface area contributed by atoms with Crippen LogP contribution >= 0.6 is 0 Å². The molecule has 0 bridgehead atoms. The number of ketones is 1. The number of likely N-dealkylation sites (N-methyl/N-ethyl adjacent to an activating group) is 1. The van der Waals surface area contributed by atoms with Crippen molar-refractivity contribution in [2.24, 2.45) is 0 Å². The van der Waals surface area contributed by atoms with E-state index in [1.165, 1.54) is 4.90 Å². The Balaban J connectivity index is 1.90. The van der Waals surface area contributed by atoms with Crippen LogP contribution in [0, 0.1) is 6.92 Å². The molecule has 108 valence electrons. The SMILES string of the molecule is Cc1occc1CN(C)c1ccc2c(c1)N(C)C(=O)C2=O.